The number of aliphatic hydroxyl groups excluding tert-OH is 1. The van der Waals surface area contributed by atoms with Crippen molar-refractivity contribution in [2.45, 2.75) is 56.7 Å². The first-order chi connectivity index (χ1) is 10.7. The number of amides is 1. The predicted octanol–water partition coefficient (Wildman–Crippen LogP) is 2.57. The molecule has 1 saturated heterocycles. The molecule has 0 aromatic heterocycles. The van der Waals surface area contributed by atoms with Crippen LogP contribution < -0.4 is 10.6 Å². The van der Waals surface area contributed by atoms with Gasteiger partial charge in [-0.25, -0.2) is 0 Å². The number of hydrogen-bond acceptors (Lipinski definition) is 3. The molecule has 3 rings (SSSR count). The van der Waals surface area contributed by atoms with Crippen molar-refractivity contribution in [2.24, 2.45) is 5.92 Å². The Labute approximate surface area is 144 Å². The van der Waals surface area contributed by atoms with Gasteiger partial charge in [0.15, 0.2) is 0 Å². The Morgan fingerprint density at radius 3 is 2.74 bits per heavy atom. The third-order valence-electron chi connectivity index (χ3n) is 5.08. The molecule has 1 aliphatic heterocycles. The van der Waals surface area contributed by atoms with E-state index in [1.807, 2.05) is 30.3 Å². The number of fused-ring (bicyclic) bond motifs is 1. The highest BCUT2D eigenvalue weighted by atomic mass is 35.5. The van der Waals surface area contributed by atoms with Gasteiger partial charge in [0.2, 0.25) is 5.91 Å². The van der Waals surface area contributed by atoms with Gasteiger partial charge < -0.3 is 15.7 Å². The number of rotatable bonds is 5. The van der Waals surface area contributed by atoms with Gasteiger partial charge in [0.1, 0.15) is 0 Å². The van der Waals surface area contributed by atoms with Crippen LogP contribution in [0.25, 0.3) is 0 Å². The lowest BCUT2D eigenvalue weighted by atomic mass is 9.85. The molecule has 4 atom stereocenters. The summed E-state index contributed by atoms with van der Waals surface area (Å²) in [5, 5.41) is 16.6. The van der Waals surface area contributed by atoms with Crippen LogP contribution in [-0.4, -0.2) is 29.6 Å². The number of carbonyl (C=O) groups is 1. The molecule has 5 heteroatoms. The Balaban J connectivity index is 0.00000192. The van der Waals surface area contributed by atoms with Gasteiger partial charge in [-0.1, -0.05) is 43.2 Å². The van der Waals surface area contributed by atoms with Gasteiger partial charge >= 0.3 is 0 Å². The monoisotopic (exact) mass is 338 g/mol. The molecule has 3 N–H and O–H groups in total. The number of benzene rings is 1. The summed E-state index contributed by atoms with van der Waals surface area (Å²) in [5.41, 5.74) is 0.904. The highest BCUT2D eigenvalue weighted by molar-refractivity contribution is 5.85. The van der Waals surface area contributed by atoms with E-state index in [2.05, 4.69) is 10.6 Å². The van der Waals surface area contributed by atoms with E-state index in [1.54, 1.807) is 0 Å². The first-order valence-electron chi connectivity index (χ1n) is 8.51. The quantitative estimate of drug-likeness (QED) is 0.773. The molecule has 1 heterocycles. The molecular weight excluding hydrogens is 312 g/mol. The summed E-state index contributed by atoms with van der Waals surface area (Å²) in [7, 11) is 0. The van der Waals surface area contributed by atoms with Crippen LogP contribution in [-0.2, 0) is 4.79 Å². The molecule has 0 spiro atoms. The van der Waals surface area contributed by atoms with Crippen LogP contribution in [0, 0.1) is 5.92 Å². The molecule has 1 aromatic rings. The molecule has 2 aliphatic rings. The minimum Gasteiger partial charge on any atom is -0.388 e. The number of nitrogens with one attached hydrogen (secondary N) is 2. The third-order valence-corrected chi connectivity index (χ3v) is 5.08. The smallest absolute Gasteiger partial charge is 0.237 e. The van der Waals surface area contributed by atoms with Gasteiger partial charge in [0.25, 0.3) is 0 Å². The zero-order valence-corrected chi connectivity index (χ0v) is 14.2. The molecule has 1 aliphatic carbocycles. The summed E-state index contributed by atoms with van der Waals surface area (Å²) >= 11 is 0. The summed E-state index contributed by atoms with van der Waals surface area (Å²) < 4.78 is 0. The van der Waals surface area contributed by atoms with Crippen LogP contribution in [0.4, 0.5) is 0 Å². The van der Waals surface area contributed by atoms with Crippen LogP contribution in [0.2, 0.25) is 0 Å². The van der Waals surface area contributed by atoms with Gasteiger partial charge in [-0.2, -0.15) is 0 Å². The van der Waals surface area contributed by atoms with E-state index in [0.29, 0.717) is 24.9 Å². The zero-order chi connectivity index (χ0) is 15.4. The molecule has 4 nitrogen and oxygen atoms in total. The summed E-state index contributed by atoms with van der Waals surface area (Å²) in [4.78, 5) is 12.3. The number of hydrogen-bond donors (Lipinski definition) is 3. The molecule has 23 heavy (non-hydrogen) atoms. The Hall–Kier alpha value is -1.10. The zero-order valence-electron chi connectivity index (χ0n) is 13.4. The number of halogens is 1. The maximum atomic E-state index is 12.3. The van der Waals surface area contributed by atoms with E-state index >= 15 is 0 Å². The Morgan fingerprint density at radius 1 is 1.26 bits per heavy atom. The Kier molecular flexibility index (Phi) is 6.88. The predicted molar refractivity (Wildman–Crippen MR) is 93.6 cm³/mol. The summed E-state index contributed by atoms with van der Waals surface area (Å²) in [6.45, 7) is 0.516. The fourth-order valence-corrected chi connectivity index (χ4v) is 3.82. The second-order valence-electron chi connectivity index (χ2n) is 6.61. The van der Waals surface area contributed by atoms with E-state index in [-0.39, 0.29) is 24.4 Å². The van der Waals surface area contributed by atoms with E-state index in [4.69, 9.17) is 0 Å². The summed E-state index contributed by atoms with van der Waals surface area (Å²) in [6.07, 6.45) is 6.06. The van der Waals surface area contributed by atoms with Crippen LogP contribution in [0.15, 0.2) is 30.3 Å². The van der Waals surface area contributed by atoms with E-state index < -0.39 is 6.10 Å². The van der Waals surface area contributed by atoms with Crippen molar-refractivity contribution in [3.05, 3.63) is 35.9 Å². The summed E-state index contributed by atoms with van der Waals surface area (Å²) in [6, 6.07) is 10.1. The van der Waals surface area contributed by atoms with Crippen LogP contribution in [0.1, 0.15) is 50.2 Å². The maximum absolute atomic E-state index is 12.3. The van der Waals surface area contributed by atoms with Crippen molar-refractivity contribution in [2.75, 3.05) is 6.54 Å². The normalized spacial score (nSPS) is 27.6. The number of carbonyl (C=O) groups excluding carboxylic acids is 1. The lowest BCUT2D eigenvalue weighted by Gasteiger charge is -2.24. The lowest BCUT2D eigenvalue weighted by Crippen LogP contribution is -2.43. The van der Waals surface area contributed by atoms with Crippen molar-refractivity contribution < 1.29 is 9.90 Å². The molecular formula is C18H27ClN2O2. The van der Waals surface area contributed by atoms with Crippen molar-refractivity contribution >= 4 is 18.3 Å². The van der Waals surface area contributed by atoms with Gasteiger partial charge in [-0.05, 0) is 37.2 Å². The average Bonchev–Trinajstić information content (AvgIpc) is 2.99. The van der Waals surface area contributed by atoms with Gasteiger partial charge in [-0.15, -0.1) is 12.4 Å². The Bertz CT molecular complexity index is 483. The van der Waals surface area contributed by atoms with Gasteiger partial charge in [0, 0.05) is 12.6 Å². The van der Waals surface area contributed by atoms with E-state index in [9.17, 15) is 9.90 Å². The van der Waals surface area contributed by atoms with Crippen molar-refractivity contribution in [3.63, 3.8) is 0 Å². The molecule has 4 unspecified atom stereocenters. The molecule has 0 radical (unpaired) electrons. The second-order valence-corrected chi connectivity index (χ2v) is 6.61. The second kappa shape index (κ2) is 8.67. The molecule has 0 bridgehead atoms. The van der Waals surface area contributed by atoms with Crippen LogP contribution in [0.5, 0.6) is 0 Å². The standard InChI is InChI=1S/C18H26N2O2.ClH/c21-17(13-6-2-1-3-7-13)10-11-19-18(22)16-12-14-8-4-5-9-15(14)20-16;/h1-3,6-7,14-17,20-21H,4-5,8-12H2,(H,19,22);1H. The first-order valence-corrected chi connectivity index (χ1v) is 8.51. The topological polar surface area (TPSA) is 61.4 Å². The number of aliphatic hydroxyl groups is 1. The average molecular weight is 339 g/mol. The maximum Gasteiger partial charge on any atom is 0.237 e. The molecule has 1 aromatic carbocycles. The Morgan fingerprint density at radius 2 is 2.00 bits per heavy atom. The minimum absolute atomic E-state index is 0. The highest BCUT2D eigenvalue weighted by Crippen LogP contribution is 2.33. The van der Waals surface area contributed by atoms with Crippen LogP contribution in [0.3, 0.4) is 0 Å². The molecule has 128 valence electrons. The SMILES string of the molecule is Cl.O=C(NCCC(O)c1ccccc1)C1CC2CCCCC2N1. The van der Waals surface area contributed by atoms with Crippen molar-refractivity contribution in [1.82, 2.24) is 10.6 Å². The molecule has 2 fully saturated rings. The third kappa shape index (κ3) is 4.69. The largest absolute Gasteiger partial charge is 0.388 e. The first kappa shape index (κ1) is 18.2. The summed E-state index contributed by atoms with van der Waals surface area (Å²) in [5.74, 6) is 0.772. The lowest BCUT2D eigenvalue weighted by molar-refractivity contribution is -0.122. The van der Waals surface area contributed by atoms with E-state index in [0.717, 1.165) is 12.0 Å². The fourth-order valence-electron chi connectivity index (χ4n) is 3.82. The van der Waals surface area contributed by atoms with Gasteiger partial charge in [0.05, 0.1) is 12.1 Å². The van der Waals surface area contributed by atoms with Crippen molar-refractivity contribution in [1.29, 1.82) is 0 Å². The molecule has 1 saturated carbocycles. The van der Waals surface area contributed by atoms with Crippen molar-refractivity contribution in [3.8, 4) is 0 Å². The van der Waals surface area contributed by atoms with Gasteiger partial charge in [-0.3, -0.25) is 4.79 Å². The highest BCUT2D eigenvalue weighted by Gasteiger charge is 2.37. The van der Waals surface area contributed by atoms with Crippen LogP contribution >= 0.6 is 12.4 Å². The van der Waals surface area contributed by atoms with E-state index in [1.165, 1.54) is 25.7 Å². The fraction of sp³-hybridized carbons (Fsp3) is 0.611. The minimum atomic E-state index is -0.513. The molecule has 1 amide bonds.